The molecule has 0 aromatic carbocycles. The lowest BCUT2D eigenvalue weighted by Gasteiger charge is -2.24. The Balaban J connectivity index is 2.43. The molecule has 1 saturated carbocycles. The van der Waals surface area contributed by atoms with Crippen LogP contribution >= 0.6 is 15.9 Å². The Kier molecular flexibility index (Phi) is 2.24. The van der Waals surface area contributed by atoms with E-state index in [1.54, 1.807) is 0 Å². The summed E-state index contributed by atoms with van der Waals surface area (Å²) in [6.07, 6.45) is 3.57. The highest BCUT2D eigenvalue weighted by Crippen LogP contribution is 2.34. The van der Waals surface area contributed by atoms with Crippen LogP contribution in [0.2, 0.25) is 0 Å². The van der Waals surface area contributed by atoms with E-state index in [9.17, 15) is 4.79 Å². The summed E-state index contributed by atoms with van der Waals surface area (Å²) >= 11 is 3.20. The van der Waals surface area contributed by atoms with E-state index < -0.39 is 0 Å². The number of halogens is 1. The van der Waals surface area contributed by atoms with E-state index in [1.807, 2.05) is 6.92 Å². The van der Waals surface area contributed by atoms with E-state index in [1.165, 1.54) is 6.42 Å². The highest BCUT2D eigenvalue weighted by atomic mass is 79.9. The van der Waals surface area contributed by atoms with Gasteiger partial charge in [0.25, 0.3) is 5.56 Å². The smallest absolute Gasteiger partial charge is 0.265 e. The molecule has 1 fully saturated rings. The molecule has 1 N–H and O–H groups in total. The molecular weight excluding hydrogens is 232 g/mol. The van der Waals surface area contributed by atoms with Crippen molar-refractivity contribution in [2.75, 3.05) is 0 Å². The van der Waals surface area contributed by atoms with Gasteiger partial charge in [0.05, 0.1) is 5.69 Å². The normalized spacial score (nSPS) is 17.1. The highest BCUT2D eigenvalue weighted by molar-refractivity contribution is 9.10. The van der Waals surface area contributed by atoms with Crippen molar-refractivity contribution in [3.63, 3.8) is 0 Å². The van der Waals surface area contributed by atoms with Crippen molar-refractivity contribution in [2.45, 2.75) is 32.1 Å². The first-order chi connectivity index (χ1) is 6.18. The zero-order chi connectivity index (χ0) is 9.42. The van der Waals surface area contributed by atoms with Crippen molar-refractivity contribution in [3.05, 3.63) is 26.3 Å². The third-order valence-corrected chi connectivity index (χ3v) is 3.47. The number of nitrogens with one attached hydrogen (secondary N) is 1. The number of H-pyrrole nitrogens is 1. The second kappa shape index (κ2) is 3.25. The Morgan fingerprint density at radius 1 is 1.54 bits per heavy atom. The van der Waals surface area contributed by atoms with E-state index in [4.69, 9.17) is 0 Å². The first-order valence-corrected chi connectivity index (χ1v) is 5.24. The van der Waals surface area contributed by atoms with Gasteiger partial charge < -0.3 is 4.98 Å². The Morgan fingerprint density at radius 3 is 2.69 bits per heavy atom. The van der Waals surface area contributed by atoms with E-state index in [-0.39, 0.29) is 5.56 Å². The quantitative estimate of drug-likeness (QED) is 0.820. The Bertz CT molecular complexity index is 382. The lowest BCUT2D eigenvalue weighted by Crippen LogP contribution is -2.20. The molecule has 1 heterocycles. The summed E-state index contributed by atoms with van der Waals surface area (Å²) in [7, 11) is 0. The predicted octanol–water partition coefficient (Wildman–Crippen LogP) is 2.11. The first kappa shape index (κ1) is 8.94. The summed E-state index contributed by atoms with van der Waals surface area (Å²) < 4.78 is 0.551. The van der Waals surface area contributed by atoms with Crippen LogP contribution < -0.4 is 5.56 Å². The fraction of sp³-hybridized carbons (Fsp3) is 0.556. The minimum Gasteiger partial charge on any atom is -0.309 e. The Hall–Kier alpha value is -0.640. The van der Waals surface area contributed by atoms with Gasteiger partial charge >= 0.3 is 0 Å². The number of rotatable bonds is 1. The minimum atomic E-state index is -0.0607. The third kappa shape index (κ3) is 1.55. The standard InChI is InChI=1S/C9H11BrN2O/c1-5-7(10)9(13)12-8(11-5)6-3-2-4-6/h6H,2-4H2,1H3,(H,11,12,13). The summed E-state index contributed by atoms with van der Waals surface area (Å²) in [4.78, 5) is 18.5. The monoisotopic (exact) mass is 242 g/mol. The largest absolute Gasteiger partial charge is 0.309 e. The zero-order valence-corrected chi connectivity index (χ0v) is 9.02. The molecule has 13 heavy (non-hydrogen) atoms. The van der Waals surface area contributed by atoms with Crippen molar-refractivity contribution in [3.8, 4) is 0 Å². The Labute approximate surface area is 84.7 Å². The Morgan fingerprint density at radius 2 is 2.23 bits per heavy atom. The van der Waals surface area contributed by atoms with Crippen LogP contribution in [0.25, 0.3) is 0 Å². The number of aromatic amines is 1. The zero-order valence-electron chi connectivity index (χ0n) is 7.43. The topological polar surface area (TPSA) is 45.8 Å². The maximum Gasteiger partial charge on any atom is 0.265 e. The van der Waals surface area contributed by atoms with E-state index >= 15 is 0 Å². The molecule has 3 nitrogen and oxygen atoms in total. The lowest BCUT2D eigenvalue weighted by molar-refractivity contribution is 0.399. The van der Waals surface area contributed by atoms with Crippen molar-refractivity contribution >= 4 is 15.9 Å². The predicted molar refractivity (Wildman–Crippen MR) is 53.9 cm³/mol. The van der Waals surface area contributed by atoms with Gasteiger partial charge in [-0.2, -0.15) is 0 Å². The molecule has 4 heteroatoms. The van der Waals surface area contributed by atoms with Crippen LogP contribution in [0.3, 0.4) is 0 Å². The van der Waals surface area contributed by atoms with Gasteiger partial charge in [-0.3, -0.25) is 4.79 Å². The number of aromatic nitrogens is 2. The first-order valence-electron chi connectivity index (χ1n) is 4.45. The summed E-state index contributed by atoms with van der Waals surface area (Å²) in [5, 5.41) is 0. The summed E-state index contributed by atoms with van der Waals surface area (Å²) in [5.74, 6) is 1.34. The van der Waals surface area contributed by atoms with Crippen LogP contribution in [0.1, 0.15) is 36.7 Å². The number of hydrogen-bond acceptors (Lipinski definition) is 2. The van der Waals surface area contributed by atoms with Gasteiger partial charge in [0.1, 0.15) is 10.3 Å². The molecule has 0 amide bonds. The van der Waals surface area contributed by atoms with E-state index in [0.717, 1.165) is 24.4 Å². The molecule has 0 bridgehead atoms. The molecule has 0 unspecified atom stereocenters. The fourth-order valence-corrected chi connectivity index (χ4v) is 1.66. The van der Waals surface area contributed by atoms with Gasteiger partial charge in [0, 0.05) is 5.92 Å². The molecule has 1 aromatic rings. The van der Waals surface area contributed by atoms with Crippen LogP contribution in [0, 0.1) is 6.92 Å². The van der Waals surface area contributed by atoms with Gasteiger partial charge in [-0.15, -0.1) is 0 Å². The van der Waals surface area contributed by atoms with E-state index in [0.29, 0.717) is 10.4 Å². The second-order valence-electron chi connectivity index (χ2n) is 3.48. The van der Waals surface area contributed by atoms with Crippen molar-refractivity contribution in [1.29, 1.82) is 0 Å². The van der Waals surface area contributed by atoms with Crippen LogP contribution in [-0.2, 0) is 0 Å². The molecule has 0 spiro atoms. The summed E-state index contributed by atoms with van der Waals surface area (Å²) in [5.41, 5.74) is 0.722. The maximum atomic E-state index is 11.4. The molecule has 2 rings (SSSR count). The van der Waals surface area contributed by atoms with Crippen LogP contribution in [0.4, 0.5) is 0 Å². The lowest BCUT2D eigenvalue weighted by atomic mass is 9.85. The highest BCUT2D eigenvalue weighted by Gasteiger charge is 2.22. The molecule has 1 aromatic heterocycles. The molecule has 0 radical (unpaired) electrons. The van der Waals surface area contributed by atoms with Crippen molar-refractivity contribution < 1.29 is 0 Å². The SMILES string of the molecule is Cc1nc(C2CCC2)[nH]c(=O)c1Br. The van der Waals surface area contributed by atoms with Gasteiger partial charge in [-0.25, -0.2) is 4.98 Å². The average molecular weight is 243 g/mol. The van der Waals surface area contributed by atoms with Crippen molar-refractivity contribution in [2.24, 2.45) is 0 Å². The summed E-state index contributed by atoms with van der Waals surface area (Å²) in [6.45, 7) is 1.85. The number of hydrogen-bond donors (Lipinski definition) is 1. The van der Waals surface area contributed by atoms with Gasteiger partial charge in [-0.05, 0) is 35.7 Å². The average Bonchev–Trinajstić information content (AvgIpc) is 1.96. The minimum absolute atomic E-state index is 0.0607. The van der Waals surface area contributed by atoms with Gasteiger partial charge in [-0.1, -0.05) is 6.42 Å². The molecule has 0 aliphatic heterocycles. The molecular formula is C9H11BrN2O. The number of nitrogens with zero attached hydrogens (tertiary/aromatic N) is 1. The molecule has 1 aliphatic carbocycles. The summed E-state index contributed by atoms with van der Waals surface area (Å²) in [6, 6.07) is 0. The fourth-order valence-electron chi connectivity index (χ4n) is 1.47. The third-order valence-electron chi connectivity index (χ3n) is 2.54. The van der Waals surface area contributed by atoms with Crippen LogP contribution in [-0.4, -0.2) is 9.97 Å². The van der Waals surface area contributed by atoms with Crippen LogP contribution in [0.15, 0.2) is 9.27 Å². The molecule has 0 atom stereocenters. The van der Waals surface area contributed by atoms with Gasteiger partial charge in [0.15, 0.2) is 0 Å². The van der Waals surface area contributed by atoms with Gasteiger partial charge in [0.2, 0.25) is 0 Å². The number of aryl methyl sites for hydroxylation is 1. The van der Waals surface area contributed by atoms with E-state index in [2.05, 4.69) is 25.9 Å². The molecule has 0 saturated heterocycles. The molecule has 70 valence electrons. The van der Waals surface area contributed by atoms with Crippen molar-refractivity contribution in [1.82, 2.24) is 9.97 Å². The van der Waals surface area contributed by atoms with Crippen LogP contribution in [0.5, 0.6) is 0 Å². The molecule has 1 aliphatic rings. The maximum absolute atomic E-state index is 11.4. The second-order valence-corrected chi connectivity index (χ2v) is 4.27.